The molecule has 0 unspecified atom stereocenters. The molecule has 0 fully saturated rings. The van der Waals surface area contributed by atoms with E-state index in [1.807, 2.05) is 52.2 Å². The first-order chi connectivity index (χ1) is 14.0. The van der Waals surface area contributed by atoms with E-state index in [-0.39, 0.29) is 12.5 Å². The molecule has 0 aliphatic carbocycles. The van der Waals surface area contributed by atoms with E-state index in [2.05, 4.69) is 20.5 Å². The van der Waals surface area contributed by atoms with Crippen LogP contribution in [-0.2, 0) is 11.3 Å². The van der Waals surface area contributed by atoms with E-state index in [9.17, 15) is 4.79 Å². The number of fused-ring (bicyclic) bond motifs is 1. The molecule has 1 aromatic carbocycles. The molecule has 0 spiro atoms. The van der Waals surface area contributed by atoms with Crippen molar-refractivity contribution >= 4 is 51.2 Å². The number of carbonyl (C=O) groups is 1. The molecule has 3 heterocycles. The highest BCUT2D eigenvalue weighted by molar-refractivity contribution is 7.14. The Bertz CT molecular complexity index is 1170. The number of halogens is 2. The molecule has 148 valence electrons. The van der Waals surface area contributed by atoms with Gasteiger partial charge in [0.1, 0.15) is 0 Å². The highest BCUT2D eigenvalue weighted by atomic mass is 35.5. The van der Waals surface area contributed by atoms with Crippen molar-refractivity contribution < 1.29 is 4.79 Å². The topological polar surface area (TPSA) is 75.4 Å². The molecular formula is C19H16Cl2N6OS. The summed E-state index contributed by atoms with van der Waals surface area (Å²) in [6, 6.07) is 10.9. The lowest BCUT2D eigenvalue weighted by molar-refractivity contribution is -0.117. The summed E-state index contributed by atoms with van der Waals surface area (Å²) in [6.07, 6.45) is 1.90. The molecule has 0 bridgehead atoms. The highest BCUT2D eigenvalue weighted by Gasteiger charge is 2.14. The van der Waals surface area contributed by atoms with Gasteiger partial charge < -0.3 is 5.32 Å². The van der Waals surface area contributed by atoms with Crippen molar-refractivity contribution in [2.24, 2.45) is 0 Å². The molecule has 0 aliphatic rings. The van der Waals surface area contributed by atoms with E-state index in [0.29, 0.717) is 27.4 Å². The normalized spacial score (nSPS) is 11.3. The molecular weight excluding hydrogens is 431 g/mol. The maximum absolute atomic E-state index is 12.4. The Balaban J connectivity index is 1.38. The van der Waals surface area contributed by atoms with Crippen LogP contribution in [0.3, 0.4) is 0 Å². The fourth-order valence-corrected chi connectivity index (χ4v) is 4.08. The summed E-state index contributed by atoms with van der Waals surface area (Å²) in [6.45, 7) is 0.681. The number of aromatic nitrogens is 4. The Hall–Kier alpha value is -2.52. The van der Waals surface area contributed by atoms with Crippen molar-refractivity contribution in [3.63, 3.8) is 0 Å². The maximum Gasteiger partial charge on any atom is 0.240 e. The highest BCUT2D eigenvalue weighted by Crippen LogP contribution is 2.32. The predicted octanol–water partition coefficient (Wildman–Crippen LogP) is 4.23. The van der Waals surface area contributed by atoms with E-state index in [1.165, 1.54) is 11.3 Å². The van der Waals surface area contributed by atoms with Crippen LogP contribution in [0.2, 0.25) is 10.0 Å². The number of amides is 1. The molecule has 3 aromatic heterocycles. The number of hydrogen-bond donors (Lipinski definition) is 1. The standard InChI is InChI=1S/C19H16Cl2N6OS/c1-26(9-17-25-24-16-4-2-3-7-27(16)17)10-18(28)23-19-22-15(11-29-19)13-6-5-12(20)8-14(13)21/h2-8,11H,9-10H2,1H3,(H,22,23,28). The number of thiazole rings is 1. The summed E-state index contributed by atoms with van der Waals surface area (Å²) in [4.78, 5) is 18.7. The Labute approximate surface area is 180 Å². The zero-order valence-corrected chi connectivity index (χ0v) is 17.7. The molecule has 4 aromatic rings. The van der Waals surface area contributed by atoms with Gasteiger partial charge in [0.25, 0.3) is 0 Å². The van der Waals surface area contributed by atoms with Crippen LogP contribution in [0.5, 0.6) is 0 Å². The number of pyridine rings is 1. The van der Waals surface area contributed by atoms with Crippen LogP contribution in [-0.4, -0.2) is 44.0 Å². The van der Waals surface area contributed by atoms with Gasteiger partial charge in [0.05, 0.1) is 23.8 Å². The molecule has 0 saturated carbocycles. The van der Waals surface area contributed by atoms with Crippen LogP contribution in [0.1, 0.15) is 5.82 Å². The second kappa shape index (κ2) is 8.46. The SMILES string of the molecule is CN(CC(=O)Nc1nc(-c2ccc(Cl)cc2Cl)cs1)Cc1nnc2ccccn12. The van der Waals surface area contributed by atoms with Gasteiger partial charge in [0, 0.05) is 22.2 Å². The monoisotopic (exact) mass is 446 g/mol. The predicted molar refractivity (Wildman–Crippen MR) is 116 cm³/mol. The van der Waals surface area contributed by atoms with Gasteiger partial charge in [-0.2, -0.15) is 0 Å². The van der Waals surface area contributed by atoms with Crippen molar-refractivity contribution in [1.29, 1.82) is 0 Å². The smallest absolute Gasteiger partial charge is 0.240 e. The number of benzene rings is 1. The van der Waals surface area contributed by atoms with Crippen LogP contribution in [0.25, 0.3) is 16.9 Å². The third-order valence-corrected chi connectivity index (χ3v) is 5.47. The number of nitrogens with zero attached hydrogens (tertiary/aromatic N) is 5. The molecule has 0 saturated heterocycles. The first-order valence-corrected chi connectivity index (χ1v) is 10.3. The Morgan fingerprint density at radius 1 is 1.24 bits per heavy atom. The summed E-state index contributed by atoms with van der Waals surface area (Å²) in [5.41, 5.74) is 2.23. The summed E-state index contributed by atoms with van der Waals surface area (Å²) in [5, 5.41) is 14.6. The van der Waals surface area contributed by atoms with Crippen molar-refractivity contribution in [2.75, 3.05) is 18.9 Å². The Morgan fingerprint density at radius 2 is 2.10 bits per heavy atom. The first-order valence-electron chi connectivity index (χ1n) is 8.67. The van der Waals surface area contributed by atoms with Gasteiger partial charge in [-0.05, 0) is 37.4 Å². The Morgan fingerprint density at radius 3 is 2.93 bits per heavy atom. The van der Waals surface area contributed by atoms with Crippen molar-refractivity contribution in [3.8, 4) is 11.3 Å². The van der Waals surface area contributed by atoms with Crippen LogP contribution < -0.4 is 5.32 Å². The van der Waals surface area contributed by atoms with Gasteiger partial charge >= 0.3 is 0 Å². The number of rotatable bonds is 6. The number of likely N-dealkylation sites (N-methyl/N-ethyl adjacent to an activating group) is 1. The minimum atomic E-state index is -0.163. The summed E-state index contributed by atoms with van der Waals surface area (Å²) in [5.74, 6) is 0.606. The number of nitrogens with one attached hydrogen (secondary N) is 1. The molecule has 10 heteroatoms. The van der Waals surface area contributed by atoms with Gasteiger partial charge in [0.15, 0.2) is 16.6 Å². The van der Waals surface area contributed by atoms with E-state index >= 15 is 0 Å². The van der Waals surface area contributed by atoms with Gasteiger partial charge in [-0.3, -0.25) is 14.1 Å². The molecule has 0 atom stereocenters. The van der Waals surface area contributed by atoms with Crippen LogP contribution in [0.15, 0.2) is 48.0 Å². The van der Waals surface area contributed by atoms with Crippen LogP contribution >= 0.6 is 34.5 Å². The molecule has 1 N–H and O–H groups in total. The average molecular weight is 447 g/mol. The zero-order chi connectivity index (χ0) is 20.4. The lowest BCUT2D eigenvalue weighted by atomic mass is 10.2. The quantitative estimate of drug-likeness (QED) is 0.479. The second-order valence-electron chi connectivity index (χ2n) is 6.43. The largest absolute Gasteiger partial charge is 0.301 e. The summed E-state index contributed by atoms with van der Waals surface area (Å²) in [7, 11) is 1.85. The second-order valence-corrected chi connectivity index (χ2v) is 8.13. The molecule has 0 radical (unpaired) electrons. The van der Waals surface area contributed by atoms with E-state index < -0.39 is 0 Å². The van der Waals surface area contributed by atoms with Crippen LogP contribution in [0.4, 0.5) is 5.13 Å². The van der Waals surface area contributed by atoms with Gasteiger partial charge in [0.2, 0.25) is 5.91 Å². The average Bonchev–Trinajstić information content (AvgIpc) is 3.29. The zero-order valence-electron chi connectivity index (χ0n) is 15.3. The van der Waals surface area contributed by atoms with Gasteiger partial charge in [-0.15, -0.1) is 21.5 Å². The minimum absolute atomic E-state index is 0.163. The van der Waals surface area contributed by atoms with Crippen molar-refractivity contribution in [1.82, 2.24) is 24.5 Å². The van der Waals surface area contributed by atoms with Crippen molar-refractivity contribution in [2.45, 2.75) is 6.54 Å². The fourth-order valence-electron chi connectivity index (χ4n) is 2.85. The lowest BCUT2D eigenvalue weighted by Crippen LogP contribution is -2.30. The van der Waals surface area contributed by atoms with Crippen molar-refractivity contribution in [3.05, 3.63) is 63.8 Å². The third kappa shape index (κ3) is 4.56. The summed E-state index contributed by atoms with van der Waals surface area (Å²) < 4.78 is 1.90. The molecule has 1 amide bonds. The fraction of sp³-hybridized carbons (Fsp3) is 0.158. The van der Waals surface area contributed by atoms with Gasteiger partial charge in [-0.1, -0.05) is 29.3 Å². The van der Waals surface area contributed by atoms with E-state index in [4.69, 9.17) is 23.2 Å². The molecule has 29 heavy (non-hydrogen) atoms. The molecule has 7 nitrogen and oxygen atoms in total. The first kappa shape index (κ1) is 19.8. The number of carbonyl (C=O) groups excluding carboxylic acids is 1. The summed E-state index contributed by atoms with van der Waals surface area (Å²) >= 11 is 13.5. The number of hydrogen-bond acceptors (Lipinski definition) is 6. The maximum atomic E-state index is 12.4. The van der Waals surface area contributed by atoms with Gasteiger partial charge in [-0.25, -0.2) is 4.98 Å². The Kier molecular flexibility index (Phi) is 5.77. The van der Waals surface area contributed by atoms with Crippen LogP contribution in [0, 0.1) is 0 Å². The minimum Gasteiger partial charge on any atom is -0.301 e. The molecule has 0 aliphatic heterocycles. The lowest BCUT2D eigenvalue weighted by Gasteiger charge is -2.14. The number of anilines is 1. The third-order valence-electron chi connectivity index (χ3n) is 4.17. The molecule has 4 rings (SSSR count). The van der Waals surface area contributed by atoms with E-state index in [1.54, 1.807) is 12.1 Å². The van der Waals surface area contributed by atoms with E-state index in [0.717, 1.165) is 17.0 Å².